The molecule has 1 aliphatic carbocycles. The Hall–Kier alpha value is -0.630. The van der Waals surface area contributed by atoms with Crippen molar-refractivity contribution >= 4 is 11.6 Å². The van der Waals surface area contributed by atoms with E-state index in [1.165, 1.54) is 12.5 Å². The second-order valence-electron chi connectivity index (χ2n) is 4.16. The van der Waals surface area contributed by atoms with Gasteiger partial charge in [0.2, 0.25) is 0 Å². The molecule has 3 heteroatoms. The lowest BCUT2D eigenvalue weighted by Crippen LogP contribution is -2.24. The molecule has 0 radical (unpaired) electrons. The summed E-state index contributed by atoms with van der Waals surface area (Å²) in [6.45, 7) is 0. The van der Waals surface area contributed by atoms with Crippen LogP contribution in [0.25, 0.3) is 0 Å². The van der Waals surface area contributed by atoms with E-state index in [1.807, 2.05) is 0 Å². The maximum Gasteiger partial charge on any atom is 0.159 e. The van der Waals surface area contributed by atoms with Gasteiger partial charge in [0.15, 0.2) is 11.6 Å². The third-order valence-electron chi connectivity index (χ3n) is 3.08. The van der Waals surface area contributed by atoms with Gasteiger partial charge in [0.25, 0.3) is 0 Å². The summed E-state index contributed by atoms with van der Waals surface area (Å²) in [6.07, 6.45) is 4.20. The van der Waals surface area contributed by atoms with Crippen LogP contribution in [0.5, 0.6) is 0 Å². The molecule has 82 valence electrons. The molecule has 1 unspecified atom stereocenters. The van der Waals surface area contributed by atoms with Crippen molar-refractivity contribution in [3.8, 4) is 0 Å². The molecule has 0 aromatic heterocycles. The van der Waals surface area contributed by atoms with Crippen LogP contribution in [-0.2, 0) is 6.42 Å². The molecule has 0 bridgehead atoms. The fraction of sp³-hybridized carbons (Fsp3) is 0.500. The van der Waals surface area contributed by atoms with Crippen molar-refractivity contribution in [2.75, 3.05) is 0 Å². The Kier molecular flexibility index (Phi) is 3.25. The van der Waals surface area contributed by atoms with Crippen molar-refractivity contribution in [2.24, 2.45) is 5.92 Å². The van der Waals surface area contributed by atoms with Gasteiger partial charge >= 0.3 is 0 Å². The van der Waals surface area contributed by atoms with E-state index in [-0.39, 0.29) is 5.38 Å². The van der Waals surface area contributed by atoms with Gasteiger partial charge in [-0.15, -0.1) is 11.6 Å². The average Bonchev–Trinajstić information content (AvgIpc) is 2.08. The van der Waals surface area contributed by atoms with E-state index in [2.05, 4.69) is 0 Å². The van der Waals surface area contributed by atoms with Crippen molar-refractivity contribution in [2.45, 2.75) is 31.1 Å². The largest absolute Gasteiger partial charge is 0.204 e. The zero-order valence-electron chi connectivity index (χ0n) is 8.35. The summed E-state index contributed by atoms with van der Waals surface area (Å²) in [6, 6.07) is 4.00. The lowest BCUT2D eigenvalue weighted by Gasteiger charge is -2.29. The summed E-state index contributed by atoms with van der Waals surface area (Å²) >= 11 is 6.19. The van der Waals surface area contributed by atoms with Crippen LogP contribution in [0.3, 0.4) is 0 Å². The van der Waals surface area contributed by atoms with Gasteiger partial charge in [0, 0.05) is 5.38 Å². The molecular weight excluding hydrogens is 218 g/mol. The predicted molar refractivity (Wildman–Crippen MR) is 57.0 cm³/mol. The summed E-state index contributed by atoms with van der Waals surface area (Å²) in [5.41, 5.74) is 0.779. The number of hydrogen-bond acceptors (Lipinski definition) is 0. The lowest BCUT2D eigenvalue weighted by atomic mass is 9.81. The van der Waals surface area contributed by atoms with Crippen LogP contribution in [-0.4, -0.2) is 5.38 Å². The van der Waals surface area contributed by atoms with Gasteiger partial charge in [-0.25, -0.2) is 8.78 Å². The van der Waals surface area contributed by atoms with Gasteiger partial charge in [0.1, 0.15) is 0 Å². The van der Waals surface area contributed by atoms with Crippen LogP contribution in [0.2, 0.25) is 0 Å². The predicted octanol–water partition coefficient (Wildman–Crippen LogP) is 3.91. The number of hydrogen-bond donors (Lipinski definition) is 0. The molecule has 0 amide bonds. The monoisotopic (exact) mass is 230 g/mol. The first-order chi connectivity index (χ1) is 7.16. The van der Waals surface area contributed by atoms with Crippen molar-refractivity contribution in [3.63, 3.8) is 0 Å². The minimum absolute atomic E-state index is 0.0589. The van der Waals surface area contributed by atoms with Gasteiger partial charge in [-0.2, -0.15) is 0 Å². The third kappa shape index (κ3) is 2.49. The second kappa shape index (κ2) is 4.48. The number of benzene rings is 1. The van der Waals surface area contributed by atoms with Crippen LogP contribution in [0, 0.1) is 17.6 Å². The summed E-state index contributed by atoms with van der Waals surface area (Å²) < 4.78 is 25.6. The van der Waals surface area contributed by atoms with Crippen LogP contribution in [0.4, 0.5) is 8.78 Å². The average molecular weight is 231 g/mol. The van der Waals surface area contributed by atoms with Gasteiger partial charge in [0.05, 0.1) is 0 Å². The Morgan fingerprint density at radius 1 is 1.27 bits per heavy atom. The number of halogens is 3. The fourth-order valence-corrected chi connectivity index (χ4v) is 2.29. The standard InChI is InChI=1S/C12H13ClF2/c13-10(9-2-1-3-9)6-8-4-5-11(14)12(15)7-8/h4-5,7,9-10H,1-3,6H2. The molecule has 1 atom stereocenters. The first-order valence-corrected chi connectivity index (χ1v) is 5.68. The van der Waals surface area contributed by atoms with Crippen molar-refractivity contribution in [3.05, 3.63) is 35.4 Å². The molecule has 0 aliphatic heterocycles. The van der Waals surface area contributed by atoms with E-state index in [0.29, 0.717) is 12.3 Å². The Bertz CT molecular complexity index is 347. The molecule has 15 heavy (non-hydrogen) atoms. The fourth-order valence-electron chi connectivity index (χ4n) is 1.86. The highest BCUT2D eigenvalue weighted by molar-refractivity contribution is 6.21. The minimum atomic E-state index is -0.798. The first kappa shape index (κ1) is 10.9. The number of alkyl halides is 1. The summed E-state index contributed by atoms with van der Waals surface area (Å²) in [5, 5.41) is 0.0589. The minimum Gasteiger partial charge on any atom is -0.204 e. The summed E-state index contributed by atoms with van der Waals surface area (Å²) in [5.74, 6) is -1.03. The molecule has 0 saturated heterocycles. The van der Waals surface area contributed by atoms with Gasteiger partial charge < -0.3 is 0 Å². The highest BCUT2D eigenvalue weighted by atomic mass is 35.5. The van der Waals surface area contributed by atoms with E-state index in [0.717, 1.165) is 24.5 Å². The zero-order valence-corrected chi connectivity index (χ0v) is 9.11. The molecule has 1 aromatic rings. The van der Waals surface area contributed by atoms with Crippen LogP contribution in [0.15, 0.2) is 18.2 Å². The molecule has 1 aliphatic rings. The molecule has 1 fully saturated rings. The Balaban J connectivity index is 2.00. The molecular formula is C12H13ClF2. The Morgan fingerprint density at radius 2 is 2.00 bits per heavy atom. The molecule has 2 rings (SSSR count). The quantitative estimate of drug-likeness (QED) is 0.691. The molecule has 0 spiro atoms. The Labute approximate surface area is 93.2 Å². The number of rotatable bonds is 3. The highest BCUT2D eigenvalue weighted by Gasteiger charge is 2.25. The van der Waals surface area contributed by atoms with E-state index >= 15 is 0 Å². The topological polar surface area (TPSA) is 0 Å². The van der Waals surface area contributed by atoms with E-state index in [9.17, 15) is 8.78 Å². The van der Waals surface area contributed by atoms with E-state index in [4.69, 9.17) is 11.6 Å². The van der Waals surface area contributed by atoms with Gasteiger partial charge in [-0.3, -0.25) is 0 Å². The van der Waals surface area contributed by atoms with Crippen molar-refractivity contribution < 1.29 is 8.78 Å². The molecule has 0 heterocycles. The van der Waals surface area contributed by atoms with Crippen LogP contribution < -0.4 is 0 Å². The molecule has 1 aromatic carbocycles. The zero-order chi connectivity index (χ0) is 10.8. The first-order valence-electron chi connectivity index (χ1n) is 5.25. The van der Waals surface area contributed by atoms with E-state index < -0.39 is 11.6 Å². The maximum atomic E-state index is 12.9. The Morgan fingerprint density at radius 3 is 2.53 bits per heavy atom. The second-order valence-corrected chi connectivity index (χ2v) is 4.72. The van der Waals surface area contributed by atoms with Gasteiger partial charge in [-0.1, -0.05) is 12.5 Å². The van der Waals surface area contributed by atoms with Crippen molar-refractivity contribution in [1.29, 1.82) is 0 Å². The summed E-state index contributed by atoms with van der Waals surface area (Å²) in [7, 11) is 0. The molecule has 0 N–H and O–H groups in total. The highest BCUT2D eigenvalue weighted by Crippen LogP contribution is 2.34. The van der Waals surface area contributed by atoms with E-state index in [1.54, 1.807) is 6.07 Å². The van der Waals surface area contributed by atoms with Crippen molar-refractivity contribution in [1.82, 2.24) is 0 Å². The lowest BCUT2D eigenvalue weighted by molar-refractivity contribution is 0.301. The summed E-state index contributed by atoms with van der Waals surface area (Å²) in [4.78, 5) is 0. The normalized spacial score (nSPS) is 18.6. The SMILES string of the molecule is Fc1ccc(CC(Cl)C2CCC2)cc1F. The molecule has 0 nitrogen and oxygen atoms in total. The third-order valence-corrected chi connectivity index (χ3v) is 3.59. The molecule has 1 saturated carbocycles. The smallest absolute Gasteiger partial charge is 0.159 e. The maximum absolute atomic E-state index is 12.9. The van der Waals surface area contributed by atoms with Gasteiger partial charge in [-0.05, 0) is 42.9 Å². The van der Waals surface area contributed by atoms with Crippen LogP contribution >= 0.6 is 11.6 Å². The van der Waals surface area contributed by atoms with Crippen LogP contribution in [0.1, 0.15) is 24.8 Å².